The first-order chi connectivity index (χ1) is 14.6. The summed E-state index contributed by atoms with van der Waals surface area (Å²) in [5, 5.41) is 11.0. The summed E-state index contributed by atoms with van der Waals surface area (Å²) >= 11 is 0. The zero-order chi connectivity index (χ0) is 21.1. The monoisotopic (exact) mass is 412 g/mol. The Morgan fingerprint density at radius 2 is 1.97 bits per heavy atom. The number of ether oxygens (including phenoxy) is 2. The largest absolute Gasteiger partial charge is 0.507 e. The number of Topliss-reactive ketones (excluding diaryl/α,β-unsaturated/α-hetero) is 1. The average molecular weight is 412 g/mol. The summed E-state index contributed by atoms with van der Waals surface area (Å²) in [7, 11) is 1.52. The van der Waals surface area contributed by atoms with Gasteiger partial charge in [-0.05, 0) is 24.3 Å². The number of carbonyl (C=O) groups is 2. The molecule has 2 saturated heterocycles. The van der Waals surface area contributed by atoms with Gasteiger partial charge in [-0.2, -0.15) is 0 Å². The third-order valence-electron chi connectivity index (χ3n) is 5.46. The van der Waals surface area contributed by atoms with Gasteiger partial charge in [-0.25, -0.2) is 0 Å². The molecule has 30 heavy (non-hydrogen) atoms. The molecular weight excluding hydrogens is 388 g/mol. The van der Waals surface area contributed by atoms with E-state index in [1.165, 1.54) is 18.3 Å². The number of ketones is 1. The number of nitrogens with zero attached hydrogens (tertiary/aromatic N) is 2. The maximum atomic E-state index is 12.9. The molecule has 158 valence electrons. The van der Waals surface area contributed by atoms with Crippen molar-refractivity contribution in [1.29, 1.82) is 0 Å². The number of hydrogen-bond donors (Lipinski definition) is 1. The van der Waals surface area contributed by atoms with Crippen LogP contribution >= 0.6 is 0 Å². The van der Waals surface area contributed by atoms with Crippen molar-refractivity contribution >= 4 is 17.4 Å². The molecule has 0 radical (unpaired) electrons. The number of morpholine rings is 1. The van der Waals surface area contributed by atoms with Crippen molar-refractivity contribution in [2.24, 2.45) is 0 Å². The number of amides is 1. The van der Waals surface area contributed by atoms with Crippen LogP contribution in [0, 0.1) is 0 Å². The second kappa shape index (κ2) is 8.73. The van der Waals surface area contributed by atoms with Gasteiger partial charge in [0, 0.05) is 31.7 Å². The highest BCUT2D eigenvalue weighted by Crippen LogP contribution is 2.39. The van der Waals surface area contributed by atoms with Crippen LogP contribution in [-0.4, -0.2) is 73.1 Å². The second-order valence-corrected chi connectivity index (χ2v) is 7.19. The second-order valence-electron chi connectivity index (χ2n) is 7.19. The summed E-state index contributed by atoms with van der Waals surface area (Å²) < 4.78 is 16.1. The van der Waals surface area contributed by atoms with E-state index in [9.17, 15) is 14.7 Å². The molecule has 1 aromatic heterocycles. The molecule has 0 bridgehead atoms. The topological polar surface area (TPSA) is 92.5 Å². The van der Waals surface area contributed by atoms with Crippen molar-refractivity contribution in [3.63, 3.8) is 0 Å². The molecule has 4 rings (SSSR count). The van der Waals surface area contributed by atoms with Gasteiger partial charge in [-0.1, -0.05) is 12.1 Å². The lowest BCUT2D eigenvalue weighted by Gasteiger charge is -2.30. The lowest BCUT2D eigenvalue weighted by atomic mass is 9.99. The Balaban J connectivity index is 1.69. The molecule has 3 heterocycles. The van der Waals surface area contributed by atoms with Crippen molar-refractivity contribution in [3.8, 4) is 5.75 Å². The first-order valence-corrected chi connectivity index (χ1v) is 9.86. The SMILES string of the molecule is COc1cccc(C(O)=C2C(=O)C(=O)N(CCN3CCOCC3)[C@@H]2c2ccco2)c1. The molecule has 0 spiro atoms. The molecule has 0 aliphatic carbocycles. The van der Waals surface area contributed by atoms with Gasteiger partial charge in [0.15, 0.2) is 0 Å². The summed E-state index contributed by atoms with van der Waals surface area (Å²) in [6.45, 7) is 3.79. The van der Waals surface area contributed by atoms with Gasteiger partial charge in [0.1, 0.15) is 23.3 Å². The molecule has 0 unspecified atom stereocenters. The number of benzene rings is 1. The van der Waals surface area contributed by atoms with E-state index in [1.54, 1.807) is 36.4 Å². The molecule has 2 aromatic rings. The molecule has 1 atom stereocenters. The molecule has 2 aliphatic heterocycles. The van der Waals surface area contributed by atoms with Crippen LogP contribution in [0.5, 0.6) is 5.75 Å². The van der Waals surface area contributed by atoms with Crippen LogP contribution < -0.4 is 4.74 Å². The van der Waals surface area contributed by atoms with E-state index in [0.717, 1.165) is 13.1 Å². The highest BCUT2D eigenvalue weighted by molar-refractivity contribution is 6.46. The number of aliphatic hydroxyl groups excluding tert-OH is 1. The fourth-order valence-corrected chi connectivity index (χ4v) is 3.85. The Labute approximate surface area is 174 Å². The number of hydrogen-bond acceptors (Lipinski definition) is 7. The predicted molar refractivity (Wildman–Crippen MR) is 108 cm³/mol. The van der Waals surface area contributed by atoms with E-state index in [0.29, 0.717) is 43.4 Å². The Morgan fingerprint density at radius 3 is 2.67 bits per heavy atom. The van der Waals surface area contributed by atoms with Crippen molar-refractivity contribution in [1.82, 2.24) is 9.80 Å². The standard InChI is InChI=1S/C22H24N2O6/c1-28-16-5-2-4-15(14-16)20(25)18-19(17-6-3-11-30-17)24(22(27)21(18)26)8-7-23-9-12-29-13-10-23/h2-6,11,14,19,25H,7-10,12-13H2,1H3/t19-/m1/s1. The summed E-state index contributed by atoms with van der Waals surface area (Å²) in [6.07, 6.45) is 1.49. The molecular formula is C22H24N2O6. The van der Waals surface area contributed by atoms with Crippen molar-refractivity contribution in [3.05, 3.63) is 59.6 Å². The average Bonchev–Trinajstić information content (AvgIpc) is 3.40. The number of likely N-dealkylation sites (tertiary alicyclic amines) is 1. The third-order valence-corrected chi connectivity index (χ3v) is 5.46. The summed E-state index contributed by atoms with van der Waals surface area (Å²) in [5.41, 5.74) is 0.419. The van der Waals surface area contributed by atoms with Gasteiger partial charge in [0.2, 0.25) is 0 Å². The molecule has 2 fully saturated rings. The van der Waals surface area contributed by atoms with Crippen molar-refractivity contribution in [2.45, 2.75) is 6.04 Å². The Kier molecular flexibility index (Phi) is 5.87. The van der Waals surface area contributed by atoms with E-state index in [-0.39, 0.29) is 11.3 Å². The quantitative estimate of drug-likeness (QED) is 0.441. The summed E-state index contributed by atoms with van der Waals surface area (Å²) in [6, 6.07) is 9.35. The van der Waals surface area contributed by atoms with Crippen LogP contribution in [0.3, 0.4) is 0 Å². The van der Waals surface area contributed by atoms with E-state index < -0.39 is 17.7 Å². The number of carbonyl (C=O) groups excluding carboxylic acids is 2. The Hall–Kier alpha value is -3.10. The van der Waals surface area contributed by atoms with E-state index >= 15 is 0 Å². The molecule has 8 nitrogen and oxygen atoms in total. The molecule has 1 amide bonds. The maximum absolute atomic E-state index is 12.9. The van der Waals surface area contributed by atoms with Gasteiger partial charge in [0.05, 0.1) is 32.2 Å². The van der Waals surface area contributed by atoms with Crippen LogP contribution in [0.2, 0.25) is 0 Å². The minimum absolute atomic E-state index is 0.0187. The lowest BCUT2D eigenvalue weighted by molar-refractivity contribution is -0.140. The maximum Gasteiger partial charge on any atom is 0.295 e. The van der Waals surface area contributed by atoms with Gasteiger partial charge in [-0.15, -0.1) is 0 Å². The van der Waals surface area contributed by atoms with Gasteiger partial charge in [0.25, 0.3) is 11.7 Å². The molecule has 1 N–H and O–H groups in total. The number of methoxy groups -OCH3 is 1. The summed E-state index contributed by atoms with van der Waals surface area (Å²) in [5.74, 6) is -0.647. The van der Waals surface area contributed by atoms with Crippen LogP contribution in [0.15, 0.2) is 52.7 Å². The molecule has 2 aliphatic rings. The number of aliphatic hydroxyl groups is 1. The highest BCUT2D eigenvalue weighted by Gasteiger charge is 2.47. The zero-order valence-electron chi connectivity index (χ0n) is 16.7. The minimum Gasteiger partial charge on any atom is -0.507 e. The Morgan fingerprint density at radius 1 is 1.17 bits per heavy atom. The van der Waals surface area contributed by atoms with Crippen LogP contribution in [-0.2, 0) is 14.3 Å². The summed E-state index contributed by atoms with van der Waals surface area (Å²) in [4.78, 5) is 29.5. The van der Waals surface area contributed by atoms with Gasteiger partial charge < -0.3 is 23.9 Å². The van der Waals surface area contributed by atoms with Gasteiger partial charge in [-0.3, -0.25) is 14.5 Å². The van der Waals surface area contributed by atoms with Crippen molar-refractivity contribution < 1.29 is 28.6 Å². The predicted octanol–water partition coefficient (Wildman–Crippen LogP) is 2.04. The lowest BCUT2D eigenvalue weighted by Crippen LogP contribution is -2.42. The first-order valence-electron chi connectivity index (χ1n) is 9.86. The number of rotatable bonds is 6. The van der Waals surface area contributed by atoms with Crippen LogP contribution in [0.25, 0.3) is 5.76 Å². The normalized spacial score (nSPS) is 21.9. The van der Waals surface area contributed by atoms with E-state index in [2.05, 4.69) is 4.90 Å². The van der Waals surface area contributed by atoms with E-state index in [1.807, 2.05) is 0 Å². The fraction of sp³-hybridized carbons (Fsp3) is 0.364. The van der Waals surface area contributed by atoms with Gasteiger partial charge >= 0.3 is 0 Å². The molecule has 8 heteroatoms. The van der Waals surface area contributed by atoms with Crippen LogP contribution in [0.4, 0.5) is 0 Å². The molecule has 1 aromatic carbocycles. The van der Waals surface area contributed by atoms with E-state index in [4.69, 9.17) is 13.9 Å². The first kappa shape index (κ1) is 20.2. The smallest absolute Gasteiger partial charge is 0.295 e. The fourth-order valence-electron chi connectivity index (χ4n) is 3.85. The zero-order valence-corrected chi connectivity index (χ0v) is 16.7. The Bertz CT molecular complexity index is 946. The minimum atomic E-state index is -0.785. The third kappa shape index (κ3) is 3.83. The van der Waals surface area contributed by atoms with Crippen LogP contribution in [0.1, 0.15) is 17.4 Å². The molecule has 0 saturated carbocycles. The highest BCUT2D eigenvalue weighted by atomic mass is 16.5. The number of furan rings is 1. The van der Waals surface area contributed by atoms with Crippen molar-refractivity contribution in [2.75, 3.05) is 46.5 Å².